The lowest BCUT2D eigenvalue weighted by atomic mass is 10.5. The van der Waals surface area contributed by atoms with E-state index in [2.05, 4.69) is 0 Å². The predicted octanol–water partition coefficient (Wildman–Crippen LogP) is -4.62. The van der Waals surface area contributed by atoms with Crippen LogP contribution in [-0.2, 0) is 9.13 Å². The van der Waals surface area contributed by atoms with Crippen LogP contribution in [0.5, 0.6) is 0 Å². The first-order chi connectivity index (χ1) is 7.14. The lowest BCUT2D eigenvalue weighted by Gasteiger charge is -2.53. The lowest BCUT2D eigenvalue weighted by molar-refractivity contribution is -0.334. The molecule has 2 N–H and O–H groups in total. The van der Waals surface area contributed by atoms with Crippen LogP contribution in [0, 0.1) is 0 Å². The highest BCUT2D eigenvalue weighted by atomic mass is 31.2. The Labute approximate surface area is 91.7 Å². The molecular weight excluding hydrogens is 264 g/mol. The average Bonchev–Trinajstić information content (AvgIpc) is 1.99. The van der Waals surface area contributed by atoms with E-state index >= 15 is 0 Å². The summed E-state index contributed by atoms with van der Waals surface area (Å²) in [5, 5.41) is 17.1. The fraction of sp³-hybridized carbons (Fsp3) is 1.00. The van der Waals surface area contributed by atoms with Crippen LogP contribution in [0.25, 0.3) is 0 Å². The molecular formula is C5H11NO8P2-4. The molecule has 0 amide bonds. The highest BCUT2D eigenvalue weighted by Gasteiger charge is 2.24. The molecule has 98 valence electrons. The van der Waals surface area contributed by atoms with Crippen molar-refractivity contribution < 1.29 is 38.9 Å². The normalized spacial score (nSPS) is 13.8. The zero-order chi connectivity index (χ0) is 13.0. The van der Waals surface area contributed by atoms with Crippen LogP contribution in [0.15, 0.2) is 0 Å². The molecule has 0 aliphatic carbocycles. The predicted molar refractivity (Wildman–Crippen MR) is 44.7 cm³/mol. The van der Waals surface area contributed by atoms with Gasteiger partial charge in [-0.15, -0.1) is 0 Å². The minimum atomic E-state index is -5.70. The molecule has 0 atom stereocenters. The van der Waals surface area contributed by atoms with Crippen molar-refractivity contribution in [1.82, 2.24) is 4.90 Å². The first-order valence-electron chi connectivity index (χ1n) is 4.13. The van der Waals surface area contributed by atoms with Gasteiger partial charge < -0.3 is 38.9 Å². The molecule has 11 heteroatoms. The van der Waals surface area contributed by atoms with E-state index in [1.54, 1.807) is 0 Å². The van der Waals surface area contributed by atoms with Gasteiger partial charge in [0.1, 0.15) is 0 Å². The monoisotopic (exact) mass is 275 g/mol. The fourth-order valence-electron chi connectivity index (χ4n) is 1.17. The zero-order valence-electron chi connectivity index (χ0n) is 8.09. The molecule has 0 saturated heterocycles. The van der Waals surface area contributed by atoms with Crippen LogP contribution < -0.4 is 19.6 Å². The first kappa shape index (κ1) is 16.2. The SMILES string of the molecule is O=P([O-])([O-])C(N(CCO)CCO)P(=O)([O-])[O-]. The molecule has 0 spiro atoms. The third-order valence-corrected chi connectivity index (χ3v) is 5.15. The number of rotatable bonds is 7. The molecule has 0 aliphatic heterocycles. The Morgan fingerprint density at radius 3 is 1.44 bits per heavy atom. The van der Waals surface area contributed by atoms with Crippen molar-refractivity contribution in [3.05, 3.63) is 0 Å². The number of aliphatic hydroxyl groups excluding tert-OH is 2. The molecule has 0 heterocycles. The van der Waals surface area contributed by atoms with Gasteiger partial charge in [-0.1, -0.05) is 0 Å². The minimum Gasteiger partial charge on any atom is -0.809 e. The van der Waals surface area contributed by atoms with Crippen LogP contribution in [0.4, 0.5) is 0 Å². The van der Waals surface area contributed by atoms with Gasteiger partial charge in [-0.2, -0.15) is 0 Å². The van der Waals surface area contributed by atoms with E-state index in [1.165, 1.54) is 0 Å². The Kier molecular flexibility index (Phi) is 6.27. The smallest absolute Gasteiger partial charge is 0.0650 e. The fourth-order valence-corrected chi connectivity index (χ4v) is 3.82. The van der Waals surface area contributed by atoms with Crippen LogP contribution in [0.2, 0.25) is 0 Å². The molecule has 0 fully saturated rings. The summed E-state index contributed by atoms with van der Waals surface area (Å²) in [6.45, 7) is -2.35. The van der Waals surface area contributed by atoms with Crippen LogP contribution in [0.3, 0.4) is 0 Å². The summed E-state index contributed by atoms with van der Waals surface area (Å²) in [5.74, 6) is 0. The maximum Gasteiger partial charge on any atom is 0.0650 e. The molecule has 0 aliphatic rings. The first-order valence-corrected chi connectivity index (χ1v) is 7.36. The Bertz CT molecular complexity index is 269. The van der Waals surface area contributed by atoms with Crippen LogP contribution in [0.1, 0.15) is 0 Å². The third-order valence-electron chi connectivity index (χ3n) is 1.67. The van der Waals surface area contributed by atoms with Crippen molar-refractivity contribution in [2.45, 2.75) is 5.52 Å². The molecule has 0 aromatic carbocycles. The Hall–Kier alpha value is 0.180. The summed E-state index contributed by atoms with van der Waals surface area (Å²) in [4.78, 5) is 43.1. The van der Waals surface area contributed by atoms with Gasteiger partial charge in [0, 0.05) is 13.1 Å². The maximum absolute atomic E-state index is 10.7. The van der Waals surface area contributed by atoms with Gasteiger partial charge in [-0.3, -0.25) is 4.90 Å². The van der Waals surface area contributed by atoms with Crippen molar-refractivity contribution in [2.24, 2.45) is 0 Å². The van der Waals surface area contributed by atoms with E-state index in [4.69, 9.17) is 10.2 Å². The quantitative estimate of drug-likeness (QED) is 0.433. The van der Waals surface area contributed by atoms with E-state index in [-0.39, 0.29) is 0 Å². The van der Waals surface area contributed by atoms with Gasteiger partial charge >= 0.3 is 0 Å². The summed E-state index contributed by atoms with van der Waals surface area (Å²) in [5.41, 5.74) is -2.78. The molecule has 0 rings (SSSR count). The molecule has 0 aromatic rings. The molecule has 0 unspecified atom stereocenters. The summed E-state index contributed by atoms with van der Waals surface area (Å²) >= 11 is 0. The standard InChI is InChI=1S/C5H15NO8P2/c7-3-1-6(2-4-8)5(15(9,10)11)16(12,13)14/h5,7-8H,1-4H2,(H2,9,10,11)(H2,12,13,14)/p-4. The average molecular weight is 275 g/mol. The van der Waals surface area contributed by atoms with Crippen molar-refractivity contribution in [3.8, 4) is 0 Å². The minimum absolute atomic E-state index is 0.418. The van der Waals surface area contributed by atoms with Gasteiger partial charge in [-0.05, 0) is 15.2 Å². The van der Waals surface area contributed by atoms with Gasteiger partial charge in [-0.25, -0.2) is 0 Å². The number of hydrogen-bond donors (Lipinski definition) is 2. The number of nitrogens with zero attached hydrogens (tertiary/aromatic N) is 1. The van der Waals surface area contributed by atoms with Crippen molar-refractivity contribution >= 4 is 15.2 Å². The van der Waals surface area contributed by atoms with E-state index in [0.717, 1.165) is 0 Å². The van der Waals surface area contributed by atoms with Gasteiger partial charge in [0.15, 0.2) is 0 Å². The second-order valence-corrected chi connectivity index (χ2v) is 6.45. The van der Waals surface area contributed by atoms with Gasteiger partial charge in [0.05, 0.1) is 18.7 Å². The molecule has 0 aromatic heterocycles. The highest BCUT2D eigenvalue weighted by molar-refractivity contribution is 7.67. The number of aliphatic hydroxyl groups is 2. The Morgan fingerprint density at radius 2 is 1.25 bits per heavy atom. The summed E-state index contributed by atoms with van der Waals surface area (Å²) in [6, 6.07) is 0. The summed E-state index contributed by atoms with van der Waals surface area (Å²) in [6.07, 6.45) is 0. The van der Waals surface area contributed by atoms with E-state index in [9.17, 15) is 28.7 Å². The lowest BCUT2D eigenvalue weighted by Crippen LogP contribution is -2.48. The van der Waals surface area contributed by atoms with Crippen molar-refractivity contribution in [1.29, 1.82) is 0 Å². The van der Waals surface area contributed by atoms with E-state index in [1.807, 2.05) is 0 Å². The second kappa shape index (κ2) is 6.20. The topological polar surface area (TPSA) is 170 Å². The summed E-state index contributed by atoms with van der Waals surface area (Å²) < 4.78 is 21.3. The van der Waals surface area contributed by atoms with Crippen LogP contribution in [-0.4, -0.2) is 46.9 Å². The molecule has 0 bridgehead atoms. The van der Waals surface area contributed by atoms with Crippen LogP contribution >= 0.6 is 15.2 Å². The molecule has 0 saturated carbocycles. The van der Waals surface area contributed by atoms with E-state index < -0.39 is 47.0 Å². The van der Waals surface area contributed by atoms with Crippen molar-refractivity contribution in [2.75, 3.05) is 26.3 Å². The summed E-state index contributed by atoms with van der Waals surface area (Å²) in [7, 11) is -11.4. The Balaban J connectivity index is 5.14. The largest absolute Gasteiger partial charge is 0.809 e. The van der Waals surface area contributed by atoms with Gasteiger partial charge in [0.25, 0.3) is 0 Å². The molecule has 16 heavy (non-hydrogen) atoms. The highest BCUT2D eigenvalue weighted by Crippen LogP contribution is 2.51. The zero-order valence-corrected chi connectivity index (χ0v) is 9.88. The van der Waals surface area contributed by atoms with E-state index in [0.29, 0.717) is 4.90 Å². The second-order valence-electron chi connectivity index (χ2n) is 2.91. The van der Waals surface area contributed by atoms with Crippen molar-refractivity contribution in [3.63, 3.8) is 0 Å². The van der Waals surface area contributed by atoms with Gasteiger partial charge in [0.2, 0.25) is 0 Å². The maximum atomic E-state index is 10.7. The molecule has 9 nitrogen and oxygen atoms in total. The number of hydrogen-bond acceptors (Lipinski definition) is 9. The Morgan fingerprint density at radius 1 is 0.938 bits per heavy atom. The third kappa shape index (κ3) is 5.01. The molecule has 0 radical (unpaired) electrons.